The third-order valence-electron chi connectivity index (χ3n) is 5.76. The van der Waals surface area contributed by atoms with Crippen molar-refractivity contribution in [3.8, 4) is 0 Å². The van der Waals surface area contributed by atoms with Gasteiger partial charge in [0.15, 0.2) is 0 Å². The molecule has 2 nitrogen and oxygen atoms in total. The smallest absolute Gasteiger partial charge is 0.338 e. The number of rotatable bonds is 2. The molecule has 2 heteroatoms. The van der Waals surface area contributed by atoms with E-state index in [0.29, 0.717) is 11.3 Å². The fraction of sp³-hybridized carbons (Fsp3) is 0.0690. The Morgan fingerprint density at radius 1 is 0.806 bits per heavy atom. The third-order valence-corrected chi connectivity index (χ3v) is 5.76. The molecule has 0 aromatic rings. The summed E-state index contributed by atoms with van der Waals surface area (Å²) in [6.45, 7) is 5.40. The first kappa shape index (κ1) is 19.1. The van der Waals surface area contributed by atoms with Crippen molar-refractivity contribution in [1.29, 1.82) is 0 Å². The van der Waals surface area contributed by atoms with E-state index >= 15 is 0 Å². The first-order valence-corrected chi connectivity index (χ1v) is 10.4. The van der Waals surface area contributed by atoms with Gasteiger partial charge in [0, 0.05) is 11.1 Å². The lowest BCUT2D eigenvalue weighted by molar-refractivity contribution is -0.134. The van der Waals surface area contributed by atoms with Crippen molar-refractivity contribution in [2.45, 2.75) is 13.3 Å². The van der Waals surface area contributed by atoms with Crippen molar-refractivity contribution in [3.05, 3.63) is 154 Å². The van der Waals surface area contributed by atoms with Gasteiger partial charge in [0.1, 0.15) is 5.76 Å². The summed E-state index contributed by atoms with van der Waals surface area (Å²) >= 11 is 0. The van der Waals surface area contributed by atoms with Gasteiger partial charge in [-0.1, -0.05) is 91.6 Å². The molecule has 5 aliphatic rings. The summed E-state index contributed by atoms with van der Waals surface area (Å²) in [5, 5.41) is 0. The van der Waals surface area contributed by atoms with Crippen LogP contribution in [0.5, 0.6) is 0 Å². The second kappa shape index (κ2) is 7.73. The quantitative estimate of drug-likeness (QED) is 0.388. The van der Waals surface area contributed by atoms with E-state index in [0.717, 1.165) is 17.6 Å². The zero-order chi connectivity index (χ0) is 21.4. The maximum Gasteiger partial charge on any atom is 0.338 e. The van der Waals surface area contributed by atoms with Gasteiger partial charge < -0.3 is 4.74 Å². The molecule has 150 valence electrons. The summed E-state index contributed by atoms with van der Waals surface area (Å²) in [6, 6.07) is 0. The zero-order valence-corrected chi connectivity index (χ0v) is 17.4. The van der Waals surface area contributed by atoms with E-state index in [4.69, 9.17) is 4.74 Å². The Morgan fingerprint density at radius 3 is 2.42 bits per heavy atom. The molecular formula is C29H22O2. The lowest BCUT2D eigenvalue weighted by atomic mass is 9.92. The van der Waals surface area contributed by atoms with Crippen LogP contribution in [0.1, 0.15) is 13.3 Å². The molecule has 0 bridgehead atoms. The summed E-state index contributed by atoms with van der Waals surface area (Å²) in [5.41, 5.74) is 9.64. The van der Waals surface area contributed by atoms with Gasteiger partial charge in [0.2, 0.25) is 0 Å². The van der Waals surface area contributed by atoms with Crippen LogP contribution in [0.25, 0.3) is 0 Å². The van der Waals surface area contributed by atoms with Gasteiger partial charge in [-0.25, -0.2) is 4.79 Å². The molecule has 0 spiro atoms. The number of hydrogen-bond donors (Lipinski definition) is 0. The minimum atomic E-state index is -0.410. The van der Waals surface area contributed by atoms with E-state index in [1.165, 1.54) is 33.4 Å². The van der Waals surface area contributed by atoms with Crippen molar-refractivity contribution in [3.63, 3.8) is 0 Å². The predicted molar refractivity (Wildman–Crippen MR) is 126 cm³/mol. The summed E-state index contributed by atoms with van der Waals surface area (Å²) in [4.78, 5) is 12.4. The van der Waals surface area contributed by atoms with Gasteiger partial charge in [-0.2, -0.15) is 0 Å². The first-order chi connectivity index (χ1) is 15.1. The Hall–Kier alpha value is -3.91. The predicted octanol–water partition coefficient (Wildman–Crippen LogP) is 6.53. The normalized spacial score (nSPS) is 20.6. The van der Waals surface area contributed by atoms with Crippen molar-refractivity contribution in [2.75, 3.05) is 0 Å². The zero-order valence-electron chi connectivity index (χ0n) is 17.4. The van der Waals surface area contributed by atoms with Crippen molar-refractivity contribution in [1.82, 2.24) is 0 Å². The second-order valence-corrected chi connectivity index (χ2v) is 7.88. The maximum absolute atomic E-state index is 12.4. The molecular weight excluding hydrogens is 380 g/mol. The van der Waals surface area contributed by atoms with E-state index < -0.39 is 5.97 Å². The van der Waals surface area contributed by atoms with Gasteiger partial charge in [-0.15, -0.1) is 0 Å². The Kier molecular flexibility index (Phi) is 4.76. The summed E-state index contributed by atoms with van der Waals surface area (Å²) < 4.78 is 5.80. The van der Waals surface area contributed by atoms with Crippen LogP contribution >= 0.6 is 0 Å². The Balaban J connectivity index is 1.74. The van der Waals surface area contributed by atoms with Crippen LogP contribution < -0.4 is 0 Å². The number of ether oxygens (including phenoxy) is 1. The van der Waals surface area contributed by atoms with E-state index in [1.54, 1.807) is 6.92 Å². The van der Waals surface area contributed by atoms with Crippen molar-refractivity contribution >= 4 is 5.97 Å². The molecule has 0 atom stereocenters. The molecule has 0 aromatic heterocycles. The van der Waals surface area contributed by atoms with Gasteiger partial charge in [-0.05, 0) is 58.4 Å². The fourth-order valence-corrected chi connectivity index (χ4v) is 4.36. The topological polar surface area (TPSA) is 26.3 Å². The largest absolute Gasteiger partial charge is 0.423 e. The number of esters is 1. The third kappa shape index (κ3) is 3.36. The summed E-state index contributed by atoms with van der Waals surface area (Å²) in [6.07, 6.45) is 32.0. The van der Waals surface area contributed by atoms with Gasteiger partial charge in [0.05, 0.1) is 0 Å². The van der Waals surface area contributed by atoms with Gasteiger partial charge in [-0.3, -0.25) is 0 Å². The Bertz CT molecular complexity index is 1280. The van der Waals surface area contributed by atoms with Crippen LogP contribution in [-0.2, 0) is 9.53 Å². The monoisotopic (exact) mass is 402 g/mol. The molecule has 0 radical (unpaired) electrons. The highest BCUT2D eigenvalue weighted by molar-refractivity contribution is 5.89. The van der Waals surface area contributed by atoms with Gasteiger partial charge in [0.25, 0.3) is 0 Å². The highest BCUT2D eigenvalue weighted by Gasteiger charge is 2.33. The highest BCUT2D eigenvalue weighted by Crippen LogP contribution is 2.49. The molecule has 0 aliphatic heterocycles. The van der Waals surface area contributed by atoms with Crippen LogP contribution in [0.4, 0.5) is 0 Å². The first-order valence-electron chi connectivity index (χ1n) is 10.4. The lowest BCUT2D eigenvalue weighted by Crippen LogP contribution is -2.08. The Morgan fingerprint density at radius 2 is 1.55 bits per heavy atom. The van der Waals surface area contributed by atoms with Crippen LogP contribution in [-0.4, -0.2) is 5.97 Å². The van der Waals surface area contributed by atoms with Crippen LogP contribution in [0, 0.1) is 0 Å². The molecule has 1 fully saturated rings. The number of fused-ring (bicyclic) bond motifs is 5. The Labute approximate surface area is 182 Å². The van der Waals surface area contributed by atoms with Crippen molar-refractivity contribution < 1.29 is 9.53 Å². The molecule has 0 heterocycles. The SMILES string of the molecule is C=C(C)C(=O)OC1=CC=CC=C2C=CC=C3C(=C21)CC1=CC=CC2=CC=CC=CC2=C13. The maximum atomic E-state index is 12.4. The molecule has 0 N–H and O–H groups in total. The van der Waals surface area contributed by atoms with E-state index in [2.05, 4.69) is 79.5 Å². The molecule has 31 heavy (non-hydrogen) atoms. The van der Waals surface area contributed by atoms with Crippen LogP contribution in [0.3, 0.4) is 0 Å². The van der Waals surface area contributed by atoms with Crippen LogP contribution in [0.2, 0.25) is 0 Å². The molecule has 0 saturated heterocycles. The molecule has 5 aliphatic carbocycles. The van der Waals surface area contributed by atoms with Gasteiger partial charge >= 0.3 is 5.97 Å². The fourth-order valence-electron chi connectivity index (χ4n) is 4.36. The number of carbonyl (C=O) groups is 1. The molecule has 0 amide bonds. The van der Waals surface area contributed by atoms with Crippen molar-refractivity contribution in [2.24, 2.45) is 0 Å². The van der Waals surface area contributed by atoms with E-state index in [-0.39, 0.29) is 0 Å². The average molecular weight is 402 g/mol. The highest BCUT2D eigenvalue weighted by atomic mass is 16.5. The molecule has 0 unspecified atom stereocenters. The summed E-state index contributed by atoms with van der Waals surface area (Å²) in [5.74, 6) is 0.152. The number of allylic oxidation sites excluding steroid dienone is 22. The lowest BCUT2D eigenvalue weighted by Gasteiger charge is -2.16. The number of carbonyl (C=O) groups excluding carboxylic acids is 1. The molecule has 0 aromatic carbocycles. The summed E-state index contributed by atoms with van der Waals surface area (Å²) in [7, 11) is 0. The minimum Gasteiger partial charge on any atom is -0.423 e. The van der Waals surface area contributed by atoms with E-state index in [9.17, 15) is 4.79 Å². The minimum absolute atomic E-state index is 0.380. The van der Waals surface area contributed by atoms with Crippen LogP contribution in [0.15, 0.2) is 154 Å². The second-order valence-electron chi connectivity index (χ2n) is 7.88. The average Bonchev–Trinajstić information content (AvgIpc) is 3.03. The number of hydrogen-bond acceptors (Lipinski definition) is 2. The van der Waals surface area contributed by atoms with E-state index in [1.807, 2.05) is 18.2 Å². The molecule has 5 rings (SSSR count). The molecule has 1 saturated carbocycles. The standard InChI is InChI=1S/C29H22O2/c1-19(2)29(30)31-26-17-7-6-11-21-13-9-16-24-25(28(21)26)18-22-14-8-12-20-10-4-3-5-15-23(20)27(22)24/h3-17H,1,18H2,2H3.